The van der Waals surface area contributed by atoms with Crippen LogP contribution < -0.4 is 27.5 Å². The molecule has 1 aliphatic rings. The minimum absolute atomic E-state index is 0.0701. The SMILES string of the molecule is CO/N=C(\C(=O)NC(C(=O)O)C1NC(C(=O)O)=C(CSc2nc(=O)c(=O)[nH]n2C)CS1)c1csc(N)n1. The van der Waals surface area contributed by atoms with E-state index in [0.29, 0.717) is 5.57 Å². The Hall–Kier alpha value is -3.84. The third-order valence-corrected chi connectivity index (χ3v) is 7.69. The Morgan fingerprint density at radius 1 is 1.38 bits per heavy atom. The van der Waals surface area contributed by atoms with Gasteiger partial charge in [-0.25, -0.2) is 14.6 Å². The molecule has 0 bridgehead atoms. The van der Waals surface area contributed by atoms with Crippen LogP contribution >= 0.6 is 34.9 Å². The Bertz CT molecular complexity index is 1400. The van der Waals surface area contributed by atoms with E-state index in [2.05, 4.69) is 35.7 Å². The lowest BCUT2D eigenvalue weighted by molar-refractivity contribution is -0.141. The van der Waals surface area contributed by atoms with E-state index >= 15 is 0 Å². The van der Waals surface area contributed by atoms with Gasteiger partial charge < -0.3 is 31.4 Å². The molecule has 0 aromatic carbocycles. The molecule has 0 aliphatic carbocycles. The van der Waals surface area contributed by atoms with Crippen LogP contribution in [0.4, 0.5) is 5.13 Å². The van der Waals surface area contributed by atoms with E-state index in [0.717, 1.165) is 34.9 Å². The quantitative estimate of drug-likeness (QED) is 0.0798. The van der Waals surface area contributed by atoms with Crippen LogP contribution in [-0.4, -0.2) is 83.6 Å². The fourth-order valence-corrected chi connectivity index (χ4v) is 5.78. The van der Waals surface area contributed by atoms with Gasteiger partial charge in [0, 0.05) is 23.9 Å². The number of aliphatic carboxylic acids is 2. The van der Waals surface area contributed by atoms with E-state index in [4.69, 9.17) is 5.73 Å². The number of rotatable bonds is 10. The number of oxime groups is 1. The number of carboxylic acid groups (broad SMARTS) is 2. The van der Waals surface area contributed by atoms with Crippen LogP contribution in [0.25, 0.3) is 0 Å². The standard InChI is InChI=1S/C18H20N8O8S3/c1-26-18(23-12(28)13(29)24-26)37-4-6-3-35-14(22-8(6)15(30)31)10(16(32)33)21-11(27)9(25-34-2)7-5-36-17(19)20-7/h5,10,14,22H,3-4H2,1-2H3,(H2,19,20)(H,21,27)(H,24,29)(H,30,31)(H,32,33)/b25-9-. The van der Waals surface area contributed by atoms with Gasteiger partial charge in [0.15, 0.2) is 22.0 Å². The fraction of sp³-hybridized carbons (Fsp3) is 0.333. The number of amides is 1. The summed E-state index contributed by atoms with van der Waals surface area (Å²) in [6, 6.07) is -1.57. The molecule has 2 unspecified atom stereocenters. The molecular formula is C18H20N8O8S3. The molecule has 2 aromatic heterocycles. The minimum Gasteiger partial charge on any atom is -0.480 e. The lowest BCUT2D eigenvalue weighted by atomic mass is 10.2. The Balaban J connectivity index is 1.79. The monoisotopic (exact) mass is 572 g/mol. The van der Waals surface area contributed by atoms with Gasteiger partial charge >= 0.3 is 23.1 Å². The smallest absolute Gasteiger partial charge is 0.352 e. The average molecular weight is 573 g/mol. The van der Waals surface area contributed by atoms with Gasteiger partial charge in [0.25, 0.3) is 5.91 Å². The van der Waals surface area contributed by atoms with Crippen LogP contribution in [0, 0.1) is 0 Å². The van der Waals surface area contributed by atoms with Crippen LogP contribution in [0.15, 0.2) is 36.6 Å². The first-order chi connectivity index (χ1) is 17.5. The average Bonchev–Trinajstić information content (AvgIpc) is 3.27. The first-order valence-electron chi connectivity index (χ1n) is 10.0. The molecule has 198 valence electrons. The van der Waals surface area contributed by atoms with E-state index in [1.165, 1.54) is 24.2 Å². The normalized spacial score (nSPS) is 16.6. The van der Waals surface area contributed by atoms with Gasteiger partial charge in [-0.3, -0.25) is 24.2 Å². The van der Waals surface area contributed by atoms with Crippen molar-refractivity contribution in [2.45, 2.75) is 16.6 Å². The third-order valence-electron chi connectivity index (χ3n) is 4.63. The Kier molecular flexibility index (Phi) is 8.95. The number of carbonyl (C=O) groups is 3. The Labute approximate surface area is 219 Å². The van der Waals surface area contributed by atoms with Gasteiger partial charge in [0.2, 0.25) is 0 Å². The van der Waals surface area contributed by atoms with Crippen LogP contribution in [0.2, 0.25) is 0 Å². The van der Waals surface area contributed by atoms with Crippen molar-refractivity contribution in [2.75, 3.05) is 24.3 Å². The molecule has 0 fully saturated rings. The molecule has 16 nitrogen and oxygen atoms in total. The summed E-state index contributed by atoms with van der Waals surface area (Å²) in [6.07, 6.45) is 0. The van der Waals surface area contributed by atoms with Crippen molar-refractivity contribution in [3.63, 3.8) is 0 Å². The van der Waals surface area contributed by atoms with Gasteiger partial charge in [-0.2, -0.15) is 4.98 Å². The molecule has 1 aliphatic heterocycles. The van der Waals surface area contributed by atoms with E-state index < -0.39 is 40.4 Å². The summed E-state index contributed by atoms with van der Waals surface area (Å²) in [5.41, 5.74) is 3.60. The van der Waals surface area contributed by atoms with E-state index in [-0.39, 0.29) is 38.9 Å². The number of carboxylic acids is 2. The van der Waals surface area contributed by atoms with Crippen molar-refractivity contribution < 1.29 is 29.4 Å². The zero-order valence-corrected chi connectivity index (χ0v) is 21.5. The van der Waals surface area contributed by atoms with Crippen LogP contribution in [0.3, 0.4) is 0 Å². The molecule has 19 heteroatoms. The minimum atomic E-state index is -1.57. The summed E-state index contributed by atoms with van der Waals surface area (Å²) in [7, 11) is 2.66. The second kappa shape index (κ2) is 11.9. The summed E-state index contributed by atoms with van der Waals surface area (Å²) < 4.78 is 1.23. The summed E-state index contributed by atoms with van der Waals surface area (Å²) in [4.78, 5) is 72.0. The van der Waals surface area contributed by atoms with Gasteiger partial charge in [0.05, 0.1) is 0 Å². The van der Waals surface area contributed by atoms with Crippen LogP contribution in [0.1, 0.15) is 5.69 Å². The molecule has 0 radical (unpaired) electrons. The fourth-order valence-electron chi connectivity index (χ4n) is 2.96. The molecular weight excluding hydrogens is 552 g/mol. The largest absolute Gasteiger partial charge is 0.480 e. The summed E-state index contributed by atoms with van der Waals surface area (Å²) in [5, 5.41) is 31.1. The highest BCUT2D eigenvalue weighted by Gasteiger charge is 2.37. The van der Waals surface area contributed by atoms with E-state index in [1.807, 2.05) is 0 Å². The van der Waals surface area contributed by atoms with E-state index in [9.17, 15) is 34.2 Å². The van der Waals surface area contributed by atoms with Crippen molar-refractivity contribution >= 4 is 63.5 Å². The number of nitrogens with one attached hydrogen (secondary N) is 3. The number of nitrogen functional groups attached to an aromatic ring is 1. The molecule has 37 heavy (non-hydrogen) atoms. The molecule has 3 heterocycles. The number of hydrogen-bond donors (Lipinski definition) is 6. The Morgan fingerprint density at radius 3 is 2.70 bits per heavy atom. The first kappa shape index (κ1) is 27.7. The number of aromatic amines is 1. The first-order valence-corrected chi connectivity index (χ1v) is 12.9. The molecule has 3 rings (SSSR count). The number of nitrogens with two attached hydrogens (primary N) is 1. The maximum absolute atomic E-state index is 12.8. The summed E-state index contributed by atoms with van der Waals surface area (Å²) in [6.45, 7) is 0. The van der Waals surface area contributed by atoms with E-state index in [1.54, 1.807) is 0 Å². The lowest BCUT2D eigenvalue weighted by Gasteiger charge is -2.31. The van der Waals surface area contributed by atoms with Crippen molar-refractivity contribution in [3.8, 4) is 0 Å². The predicted octanol–water partition coefficient (Wildman–Crippen LogP) is -1.78. The summed E-state index contributed by atoms with van der Waals surface area (Å²) in [5.74, 6) is -3.54. The van der Waals surface area contributed by atoms with Gasteiger partial charge in [-0.1, -0.05) is 16.9 Å². The maximum Gasteiger partial charge on any atom is 0.352 e. The van der Waals surface area contributed by atoms with Crippen molar-refractivity contribution in [1.29, 1.82) is 0 Å². The topological polar surface area (TPSA) is 244 Å². The van der Waals surface area contributed by atoms with Gasteiger partial charge in [0.1, 0.15) is 23.9 Å². The second-order valence-electron chi connectivity index (χ2n) is 7.13. The highest BCUT2D eigenvalue weighted by Crippen LogP contribution is 2.28. The third kappa shape index (κ3) is 6.68. The number of anilines is 1. The molecule has 2 aromatic rings. The number of H-pyrrole nitrogens is 1. The number of carbonyl (C=O) groups excluding carboxylic acids is 1. The molecule has 0 spiro atoms. The van der Waals surface area contributed by atoms with Gasteiger partial charge in [-0.15, -0.1) is 23.1 Å². The van der Waals surface area contributed by atoms with Crippen molar-refractivity contribution in [2.24, 2.45) is 12.2 Å². The zero-order valence-electron chi connectivity index (χ0n) is 19.1. The Morgan fingerprint density at radius 2 is 2.11 bits per heavy atom. The number of hydrogen-bond acceptors (Lipinski definition) is 14. The number of nitrogens with zero attached hydrogens (tertiary/aromatic N) is 4. The van der Waals surface area contributed by atoms with Gasteiger partial charge in [-0.05, 0) is 5.57 Å². The number of aryl methyl sites for hydroxylation is 1. The second-order valence-corrected chi connectivity index (χ2v) is 10.1. The number of thiazole rings is 1. The highest BCUT2D eigenvalue weighted by molar-refractivity contribution is 8.00. The number of aromatic nitrogens is 4. The zero-order chi connectivity index (χ0) is 27.3. The van der Waals surface area contributed by atoms with Crippen LogP contribution in [0.5, 0.6) is 0 Å². The highest BCUT2D eigenvalue weighted by atomic mass is 32.2. The molecule has 0 saturated heterocycles. The predicted molar refractivity (Wildman–Crippen MR) is 135 cm³/mol. The molecule has 2 atom stereocenters. The molecule has 7 N–H and O–H groups in total. The summed E-state index contributed by atoms with van der Waals surface area (Å²) >= 11 is 3.10. The van der Waals surface area contributed by atoms with Crippen molar-refractivity contribution in [3.05, 3.63) is 43.1 Å². The van der Waals surface area contributed by atoms with Crippen molar-refractivity contribution in [1.82, 2.24) is 30.4 Å². The molecule has 0 saturated carbocycles. The lowest BCUT2D eigenvalue weighted by Crippen LogP contribution is -2.56. The van der Waals surface area contributed by atoms with Crippen LogP contribution in [-0.2, 0) is 26.3 Å². The maximum atomic E-state index is 12.8. The molecule has 1 amide bonds. The number of thioether (sulfide) groups is 2.